The number of nitrogens with zero attached hydrogens (tertiary/aromatic N) is 3. The minimum absolute atomic E-state index is 0.201. The molecule has 0 aliphatic heterocycles. The largest absolute Gasteiger partial charge is 0.351 e. The predicted octanol–water partition coefficient (Wildman–Crippen LogP) is 0.976. The van der Waals surface area contributed by atoms with Crippen LogP contribution in [0.5, 0.6) is 0 Å². The van der Waals surface area contributed by atoms with Gasteiger partial charge in [-0.05, 0) is 6.42 Å². The summed E-state index contributed by atoms with van der Waals surface area (Å²) in [5, 5.41) is 15.5. The second-order valence-electron chi connectivity index (χ2n) is 3.71. The van der Waals surface area contributed by atoms with E-state index in [-0.39, 0.29) is 5.91 Å². The fraction of sp³-hybridized carbons (Fsp3) is 0.545. The first-order valence-corrected chi connectivity index (χ1v) is 5.32. The third-order valence-corrected chi connectivity index (χ3v) is 2.27. The van der Waals surface area contributed by atoms with Crippen LogP contribution in [0, 0.1) is 17.2 Å². The molecule has 1 aromatic heterocycles. The van der Waals surface area contributed by atoms with Gasteiger partial charge in [0, 0.05) is 25.4 Å². The second kappa shape index (κ2) is 5.91. The van der Waals surface area contributed by atoms with Gasteiger partial charge >= 0.3 is 0 Å². The Kier molecular flexibility index (Phi) is 4.52. The SMILES string of the molecule is CCCC(C#N)C(=O)NCc1cnn(C)c1. The Morgan fingerprint density at radius 2 is 2.50 bits per heavy atom. The Morgan fingerprint density at radius 1 is 1.75 bits per heavy atom. The fourth-order valence-electron chi connectivity index (χ4n) is 1.42. The summed E-state index contributed by atoms with van der Waals surface area (Å²) in [4.78, 5) is 11.6. The van der Waals surface area contributed by atoms with Crippen LogP contribution >= 0.6 is 0 Å². The van der Waals surface area contributed by atoms with Crippen molar-refractivity contribution in [2.45, 2.75) is 26.3 Å². The van der Waals surface area contributed by atoms with Gasteiger partial charge < -0.3 is 5.32 Å². The van der Waals surface area contributed by atoms with Gasteiger partial charge in [0.1, 0.15) is 5.92 Å². The number of carbonyl (C=O) groups is 1. The smallest absolute Gasteiger partial charge is 0.237 e. The number of aromatic nitrogens is 2. The summed E-state index contributed by atoms with van der Waals surface area (Å²) in [6.45, 7) is 2.38. The predicted molar refractivity (Wildman–Crippen MR) is 59.1 cm³/mol. The van der Waals surface area contributed by atoms with Gasteiger partial charge in [0.15, 0.2) is 0 Å². The normalized spacial score (nSPS) is 11.8. The second-order valence-corrected chi connectivity index (χ2v) is 3.71. The number of nitrogens with one attached hydrogen (secondary N) is 1. The van der Waals surface area contributed by atoms with Crippen LogP contribution in [0.15, 0.2) is 12.4 Å². The molecular weight excluding hydrogens is 204 g/mol. The molecule has 1 unspecified atom stereocenters. The van der Waals surface area contributed by atoms with Crippen LogP contribution in [0.3, 0.4) is 0 Å². The molecule has 5 nitrogen and oxygen atoms in total. The number of hydrogen-bond acceptors (Lipinski definition) is 3. The maximum Gasteiger partial charge on any atom is 0.237 e. The van der Waals surface area contributed by atoms with Crippen molar-refractivity contribution in [2.75, 3.05) is 0 Å². The molecule has 86 valence electrons. The Labute approximate surface area is 95.1 Å². The van der Waals surface area contributed by atoms with Gasteiger partial charge in [-0.25, -0.2) is 0 Å². The van der Waals surface area contributed by atoms with Gasteiger partial charge in [0.2, 0.25) is 5.91 Å². The zero-order valence-corrected chi connectivity index (χ0v) is 9.60. The number of carbonyl (C=O) groups excluding carboxylic acids is 1. The number of aryl methyl sites for hydroxylation is 1. The van der Waals surface area contributed by atoms with Gasteiger partial charge in [-0.1, -0.05) is 13.3 Å². The molecule has 5 heteroatoms. The van der Waals surface area contributed by atoms with Crippen molar-refractivity contribution in [3.05, 3.63) is 18.0 Å². The first-order valence-electron chi connectivity index (χ1n) is 5.32. The lowest BCUT2D eigenvalue weighted by Crippen LogP contribution is -2.29. The van der Waals surface area contributed by atoms with Crippen LogP contribution in [0.25, 0.3) is 0 Å². The lowest BCUT2D eigenvalue weighted by Gasteiger charge is -2.07. The van der Waals surface area contributed by atoms with E-state index >= 15 is 0 Å². The van der Waals surface area contributed by atoms with E-state index < -0.39 is 5.92 Å². The molecule has 0 bridgehead atoms. The van der Waals surface area contributed by atoms with Crippen LogP contribution in [0.2, 0.25) is 0 Å². The highest BCUT2D eigenvalue weighted by Crippen LogP contribution is 2.05. The van der Waals surface area contributed by atoms with Crippen molar-refractivity contribution in [3.8, 4) is 6.07 Å². The number of hydrogen-bond donors (Lipinski definition) is 1. The Balaban J connectivity index is 2.43. The van der Waals surface area contributed by atoms with Crippen LogP contribution < -0.4 is 5.32 Å². The van der Waals surface area contributed by atoms with E-state index in [0.717, 1.165) is 12.0 Å². The topological polar surface area (TPSA) is 70.7 Å². The number of amides is 1. The standard InChI is InChI=1S/C11H16N4O/c1-3-4-10(5-12)11(16)13-6-9-7-14-15(2)8-9/h7-8,10H,3-4,6H2,1-2H3,(H,13,16). The molecule has 0 spiro atoms. The van der Waals surface area contributed by atoms with Crippen molar-refractivity contribution in [1.82, 2.24) is 15.1 Å². The maximum atomic E-state index is 11.6. The summed E-state index contributed by atoms with van der Waals surface area (Å²) >= 11 is 0. The van der Waals surface area contributed by atoms with Crippen molar-refractivity contribution >= 4 is 5.91 Å². The number of rotatable bonds is 5. The summed E-state index contributed by atoms with van der Waals surface area (Å²) in [6, 6.07) is 2.01. The molecular formula is C11H16N4O. The molecule has 0 aliphatic carbocycles. The molecule has 0 saturated carbocycles. The lowest BCUT2D eigenvalue weighted by atomic mass is 10.1. The summed E-state index contributed by atoms with van der Waals surface area (Å²) in [7, 11) is 1.82. The third-order valence-electron chi connectivity index (χ3n) is 2.27. The van der Waals surface area contributed by atoms with E-state index in [1.165, 1.54) is 0 Å². The molecule has 1 N–H and O–H groups in total. The minimum atomic E-state index is -0.540. The zero-order chi connectivity index (χ0) is 12.0. The molecule has 1 aromatic rings. The summed E-state index contributed by atoms with van der Waals surface area (Å²) < 4.78 is 1.68. The lowest BCUT2D eigenvalue weighted by molar-refractivity contribution is -0.123. The van der Waals surface area contributed by atoms with Gasteiger partial charge in [-0.2, -0.15) is 10.4 Å². The minimum Gasteiger partial charge on any atom is -0.351 e. The highest BCUT2D eigenvalue weighted by atomic mass is 16.1. The van der Waals surface area contributed by atoms with Gasteiger partial charge in [-0.3, -0.25) is 9.48 Å². The van der Waals surface area contributed by atoms with E-state index in [1.807, 2.05) is 26.2 Å². The fourth-order valence-corrected chi connectivity index (χ4v) is 1.42. The van der Waals surface area contributed by atoms with Crippen molar-refractivity contribution in [1.29, 1.82) is 5.26 Å². The average molecular weight is 220 g/mol. The summed E-state index contributed by atoms with van der Waals surface area (Å²) in [6.07, 6.45) is 4.97. The first kappa shape index (κ1) is 12.2. The number of nitriles is 1. The van der Waals surface area contributed by atoms with Crippen LogP contribution in [0.1, 0.15) is 25.3 Å². The Bertz CT molecular complexity index is 391. The quantitative estimate of drug-likeness (QED) is 0.804. The summed E-state index contributed by atoms with van der Waals surface area (Å²) in [5.74, 6) is -0.741. The average Bonchev–Trinajstić information content (AvgIpc) is 2.68. The molecule has 0 aliphatic rings. The van der Waals surface area contributed by atoms with Crippen molar-refractivity contribution in [2.24, 2.45) is 13.0 Å². The van der Waals surface area contributed by atoms with Gasteiger partial charge in [0.25, 0.3) is 0 Å². The van der Waals surface area contributed by atoms with Crippen molar-refractivity contribution in [3.63, 3.8) is 0 Å². The Morgan fingerprint density at radius 3 is 3.00 bits per heavy atom. The maximum absolute atomic E-state index is 11.6. The summed E-state index contributed by atoms with van der Waals surface area (Å²) in [5.41, 5.74) is 0.934. The first-order chi connectivity index (χ1) is 7.67. The van der Waals surface area contributed by atoms with Gasteiger partial charge in [0.05, 0.1) is 12.3 Å². The molecule has 1 rings (SSSR count). The van der Waals surface area contributed by atoms with Crippen molar-refractivity contribution < 1.29 is 4.79 Å². The molecule has 1 amide bonds. The van der Waals surface area contributed by atoms with E-state index in [1.54, 1.807) is 10.9 Å². The molecule has 0 aromatic carbocycles. The zero-order valence-electron chi connectivity index (χ0n) is 9.60. The van der Waals surface area contributed by atoms with Gasteiger partial charge in [-0.15, -0.1) is 0 Å². The Hall–Kier alpha value is -1.83. The molecule has 16 heavy (non-hydrogen) atoms. The van der Waals surface area contributed by atoms with E-state index in [9.17, 15) is 4.79 Å². The van der Waals surface area contributed by atoms with E-state index in [4.69, 9.17) is 5.26 Å². The molecule has 1 heterocycles. The van der Waals surface area contributed by atoms with E-state index in [0.29, 0.717) is 13.0 Å². The van der Waals surface area contributed by atoms with Crippen LogP contribution in [0.4, 0.5) is 0 Å². The molecule has 0 fully saturated rings. The van der Waals surface area contributed by atoms with Crippen LogP contribution in [-0.4, -0.2) is 15.7 Å². The third kappa shape index (κ3) is 3.39. The van der Waals surface area contributed by atoms with E-state index in [2.05, 4.69) is 10.4 Å². The highest BCUT2D eigenvalue weighted by molar-refractivity contribution is 5.80. The molecule has 0 radical (unpaired) electrons. The molecule has 1 atom stereocenters. The highest BCUT2D eigenvalue weighted by Gasteiger charge is 2.15. The van der Waals surface area contributed by atoms with Crippen LogP contribution in [-0.2, 0) is 18.4 Å². The monoisotopic (exact) mass is 220 g/mol. The molecule has 0 saturated heterocycles.